The summed E-state index contributed by atoms with van der Waals surface area (Å²) in [6.45, 7) is 0.373. The number of hydrogen-bond acceptors (Lipinski definition) is 3. The third kappa shape index (κ3) is 2.15. The summed E-state index contributed by atoms with van der Waals surface area (Å²) in [6, 6.07) is 1.36. The third-order valence-corrected chi connectivity index (χ3v) is 3.98. The summed E-state index contributed by atoms with van der Waals surface area (Å²) >= 11 is 2.06. The average molecular weight is 187 g/mol. The summed E-state index contributed by atoms with van der Waals surface area (Å²) in [4.78, 5) is 0. The molecule has 0 radical (unpaired) electrons. The summed E-state index contributed by atoms with van der Waals surface area (Å²) in [7, 11) is 0. The summed E-state index contributed by atoms with van der Waals surface area (Å²) < 4.78 is 0. The Morgan fingerprint density at radius 2 is 2.42 bits per heavy atom. The lowest BCUT2D eigenvalue weighted by atomic mass is 10.2. The Hall–Kier alpha value is 0.270. The normalized spacial score (nSPS) is 41.2. The Kier molecular flexibility index (Phi) is 2.94. The second-order valence-corrected chi connectivity index (χ2v) is 5.02. The van der Waals surface area contributed by atoms with Crippen LogP contribution in [0.5, 0.6) is 0 Å². The van der Waals surface area contributed by atoms with Crippen molar-refractivity contribution >= 4 is 11.8 Å². The van der Waals surface area contributed by atoms with Crippen LogP contribution >= 0.6 is 11.8 Å². The fourth-order valence-electron chi connectivity index (χ4n) is 1.83. The minimum atomic E-state index is 0.373. The predicted octanol–water partition coefficient (Wildman–Crippen LogP) is 0.852. The molecule has 0 aromatic rings. The van der Waals surface area contributed by atoms with Gasteiger partial charge in [-0.25, -0.2) is 0 Å². The Morgan fingerprint density at radius 3 is 3.00 bits per heavy atom. The Balaban J connectivity index is 1.66. The number of hydrogen-bond donors (Lipinski definition) is 2. The van der Waals surface area contributed by atoms with Crippen molar-refractivity contribution in [2.24, 2.45) is 5.92 Å². The molecule has 1 unspecified atom stereocenters. The van der Waals surface area contributed by atoms with Crippen molar-refractivity contribution in [2.45, 2.75) is 31.3 Å². The highest BCUT2D eigenvalue weighted by molar-refractivity contribution is 7.99. The molecule has 0 amide bonds. The highest BCUT2D eigenvalue weighted by Gasteiger charge is 2.37. The fourth-order valence-corrected chi connectivity index (χ4v) is 2.91. The van der Waals surface area contributed by atoms with E-state index in [1.54, 1.807) is 0 Å². The molecular formula is C9H17NOS. The quantitative estimate of drug-likeness (QED) is 0.687. The maximum atomic E-state index is 8.86. The van der Waals surface area contributed by atoms with E-state index in [1.807, 2.05) is 0 Å². The van der Waals surface area contributed by atoms with Crippen LogP contribution in [0.25, 0.3) is 0 Å². The van der Waals surface area contributed by atoms with Crippen molar-refractivity contribution in [3.8, 4) is 0 Å². The van der Waals surface area contributed by atoms with Crippen LogP contribution < -0.4 is 5.32 Å². The van der Waals surface area contributed by atoms with Gasteiger partial charge in [0.1, 0.15) is 0 Å². The summed E-state index contributed by atoms with van der Waals surface area (Å²) in [6.07, 6.45) is 3.89. The summed E-state index contributed by atoms with van der Waals surface area (Å²) in [5.41, 5.74) is 0. The van der Waals surface area contributed by atoms with Crippen molar-refractivity contribution in [2.75, 3.05) is 18.1 Å². The Morgan fingerprint density at radius 1 is 1.50 bits per heavy atom. The first-order chi connectivity index (χ1) is 5.90. The first-order valence-corrected chi connectivity index (χ1v) is 6.00. The number of rotatable bonds is 3. The van der Waals surface area contributed by atoms with Crippen LogP contribution in [0.3, 0.4) is 0 Å². The van der Waals surface area contributed by atoms with E-state index >= 15 is 0 Å². The van der Waals surface area contributed by atoms with Crippen molar-refractivity contribution in [1.82, 2.24) is 5.32 Å². The lowest BCUT2D eigenvalue weighted by Crippen LogP contribution is -2.36. The van der Waals surface area contributed by atoms with Gasteiger partial charge in [-0.05, 0) is 30.9 Å². The molecule has 2 N–H and O–H groups in total. The van der Waals surface area contributed by atoms with E-state index in [-0.39, 0.29) is 0 Å². The molecule has 3 heteroatoms. The molecule has 70 valence electrons. The van der Waals surface area contributed by atoms with E-state index in [0.717, 1.165) is 6.04 Å². The third-order valence-electron chi connectivity index (χ3n) is 2.77. The average Bonchev–Trinajstić information content (AvgIpc) is 2.85. The van der Waals surface area contributed by atoms with E-state index in [1.165, 1.54) is 30.8 Å². The van der Waals surface area contributed by atoms with Gasteiger partial charge < -0.3 is 10.4 Å². The van der Waals surface area contributed by atoms with Crippen LogP contribution in [0.2, 0.25) is 0 Å². The standard InChI is InChI=1S/C9H17NOS/c11-5-7-4-9(7)10-8-2-1-3-12-6-8/h7-11H,1-6H2/t7-,8?,9+/m0/s1. The first-order valence-electron chi connectivity index (χ1n) is 4.85. The van der Waals surface area contributed by atoms with E-state index in [0.29, 0.717) is 18.6 Å². The topological polar surface area (TPSA) is 32.3 Å². The first kappa shape index (κ1) is 8.85. The predicted molar refractivity (Wildman–Crippen MR) is 52.5 cm³/mol. The highest BCUT2D eigenvalue weighted by atomic mass is 32.2. The molecule has 2 fully saturated rings. The molecule has 1 aliphatic heterocycles. The fraction of sp³-hybridized carbons (Fsp3) is 1.00. The van der Waals surface area contributed by atoms with Gasteiger partial charge in [0.25, 0.3) is 0 Å². The molecule has 1 saturated carbocycles. The zero-order valence-electron chi connectivity index (χ0n) is 7.33. The van der Waals surface area contributed by atoms with Crippen LogP contribution in [-0.4, -0.2) is 35.3 Å². The van der Waals surface area contributed by atoms with Crippen molar-refractivity contribution in [1.29, 1.82) is 0 Å². The zero-order chi connectivity index (χ0) is 8.39. The van der Waals surface area contributed by atoms with Crippen LogP contribution in [0, 0.1) is 5.92 Å². The maximum absolute atomic E-state index is 8.86. The van der Waals surface area contributed by atoms with E-state index in [2.05, 4.69) is 17.1 Å². The van der Waals surface area contributed by atoms with Crippen LogP contribution in [0.15, 0.2) is 0 Å². The van der Waals surface area contributed by atoms with Gasteiger partial charge >= 0.3 is 0 Å². The number of thioether (sulfide) groups is 1. The molecule has 12 heavy (non-hydrogen) atoms. The smallest absolute Gasteiger partial charge is 0.0474 e. The van der Waals surface area contributed by atoms with E-state index in [4.69, 9.17) is 5.11 Å². The van der Waals surface area contributed by atoms with E-state index < -0.39 is 0 Å². The largest absolute Gasteiger partial charge is 0.396 e. The summed E-state index contributed by atoms with van der Waals surface area (Å²) in [5, 5.41) is 12.5. The molecule has 0 aromatic heterocycles. The van der Waals surface area contributed by atoms with Crippen LogP contribution in [-0.2, 0) is 0 Å². The van der Waals surface area contributed by atoms with E-state index in [9.17, 15) is 0 Å². The van der Waals surface area contributed by atoms with Gasteiger partial charge in [0, 0.05) is 24.4 Å². The molecule has 1 heterocycles. The van der Waals surface area contributed by atoms with Crippen LogP contribution in [0.1, 0.15) is 19.3 Å². The molecule has 0 aromatic carbocycles. The van der Waals surface area contributed by atoms with Gasteiger partial charge in [-0.3, -0.25) is 0 Å². The highest BCUT2D eigenvalue weighted by Crippen LogP contribution is 2.31. The van der Waals surface area contributed by atoms with Gasteiger partial charge in [0.2, 0.25) is 0 Å². The molecule has 0 bridgehead atoms. The lowest BCUT2D eigenvalue weighted by molar-refractivity contribution is 0.269. The SMILES string of the molecule is OC[C@@H]1C[C@H]1NC1CCCSC1. The molecule has 1 aliphatic carbocycles. The molecule has 2 nitrogen and oxygen atoms in total. The van der Waals surface area contributed by atoms with Gasteiger partial charge in [-0.15, -0.1) is 0 Å². The molecule has 2 rings (SSSR count). The van der Waals surface area contributed by atoms with Gasteiger partial charge in [-0.1, -0.05) is 0 Å². The summed E-state index contributed by atoms with van der Waals surface area (Å²) in [5.74, 6) is 3.18. The van der Waals surface area contributed by atoms with Gasteiger partial charge in [0.15, 0.2) is 0 Å². The Labute approximate surface area is 78.1 Å². The van der Waals surface area contributed by atoms with Gasteiger partial charge in [0.05, 0.1) is 0 Å². The molecule has 2 aliphatic rings. The minimum Gasteiger partial charge on any atom is -0.396 e. The Bertz CT molecular complexity index is 147. The van der Waals surface area contributed by atoms with Crippen molar-refractivity contribution in [3.63, 3.8) is 0 Å². The molecule has 1 saturated heterocycles. The monoisotopic (exact) mass is 187 g/mol. The van der Waals surface area contributed by atoms with Crippen molar-refractivity contribution in [3.05, 3.63) is 0 Å². The van der Waals surface area contributed by atoms with Crippen LogP contribution in [0.4, 0.5) is 0 Å². The number of aliphatic hydroxyl groups excluding tert-OH is 1. The molecular weight excluding hydrogens is 170 g/mol. The number of aliphatic hydroxyl groups is 1. The second-order valence-electron chi connectivity index (χ2n) is 3.87. The number of nitrogens with one attached hydrogen (secondary N) is 1. The maximum Gasteiger partial charge on any atom is 0.0474 e. The lowest BCUT2D eigenvalue weighted by Gasteiger charge is -2.22. The second kappa shape index (κ2) is 3.99. The van der Waals surface area contributed by atoms with Crippen molar-refractivity contribution < 1.29 is 5.11 Å². The van der Waals surface area contributed by atoms with Gasteiger partial charge in [-0.2, -0.15) is 11.8 Å². The molecule has 0 spiro atoms. The minimum absolute atomic E-state index is 0.373. The zero-order valence-corrected chi connectivity index (χ0v) is 8.15. The molecule has 3 atom stereocenters.